The summed E-state index contributed by atoms with van der Waals surface area (Å²) < 4.78 is 5.67. The van der Waals surface area contributed by atoms with Crippen LogP contribution < -0.4 is 5.32 Å². The fourth-order valence-corrected chi connectivity index (χ4v) is 3.78. The molecule has 0 aliphatic heterocycles. The van der Waals surface area contributed by atoms with Crippen molar-refractivity contribution in [1.82, 2.24) is 0 Å². The van der Waals surface area contributed by atoms with E-state index < -0.39 is 4.92 Å². The van der Waals surface area contributed by atoms with Crippen molar-refractivity contribution in [2.45, 2.75) is 6.42 Å². The van der Waals surface area contributed by atoms with Gasteiger partial charge in [0.25, 0.3) is 11.6 Å². The van der Waals surface area contributed by atoms with Gasteiger partial charge in [0.2, 0.25) is 0 Å². The van der Waals surface area contributed by atoms with Crippen molar-refractivity contribution in [2.75, 3.05) is 5.32 Å². The Hall–Kier alpha value is -4.19. The summed E-state index contributed by atoms with van der Waals surface area (Å²) in [6, 6.07) is 23.5. The number of carbonyl (C=O) groups excluding carboxylic acids is 1. The number of furan rings is 1. The Kier molecular flexibility index (Phi) is 4.17. The summed E-state index contributed by atoms with van der Waals surface area (Å²) >= 11 is 0. The molecule has 146 valence electrons. The van der Waals surface area contributed by atoms with Gasteiger partial charge in [0.15, 0.2) is 5.76 Å². The third-order valence-corrected chi connectivity index (χ3v) is 5.24. The van der Waals surface area contributed by atoms with Gasteiger partial charge in [-0.2, -0.15) is 0 Å². The fourth-order valence-electron chi connectivity index (χ4n) is 3.78. The summed E-state index contributed by atoms with van der Waals surface area (Å²) in [6.45, 7) is 0. The predicted octanol–water partition coefficient (Wildman–Crippen LogP) is 5.68. The first-order chi connectivity index (χ1) is 14.6. The minimum absolute atomic E-state index is 0.00188. The Morgan fingerprint density at radius 1 is 0.900 bits per heavy atom. The number of anilines is 1. The molecule has 0 saturated heterocycles. The molecule has 0 saturated carbocycles. The van der Waals surface area contributed by atoms with Gasteiger partial charge in [-0.3, -0.25) is 14.9 Å². The van der Waals surface area contributed by atoms with E-state index in [4.69, 9.17) is 4.42 Å². The van der Waals surface area contributed by atoms with Crippen LogP contribution in [-0.4, -0.2) is 10.8 Å². The third kappa shape index (κ3) is 3.14. The van der Waals surface area contributed by atoms with E-state index in [1.807, 2.05) is 30.3 Å². The highest BCUT2D eigenvalue weighted by atomic mass is 16.6. The molecule has 0 atom stereocenters. The van der Waals surface area contributed by atoms with E-state index in [0.717, 1.165) is 6.42 Å². The van der Waals surface area contributed by atoms with E-state index in [-0.39, 0.29) is 17.4 Å². The number of fused-ring (bicyclic) bond motifs is 3. The number of nitrogens with zero attached hydrogens (tertiary/aromatic N) is 1. The number of nitrogens with one attached hydrogen (secondary N) is 1. The summed E-state index contributed by atoms with van der Waals surface area (Å²) in [6.07, 6.45) is 0.847. The van der Waals surface area contributed by atoms with E-state index in [1.54, 1.807) is 24.3 Å². The number of rotatable bonds is 4. The number of nitro groups is 1. The number of benzene rings is 3. The number of hydrogen-bond acceptors (Lipinski definition) is 4. The maximum atomic E-state index is 12.6. The van der Waals surface area contributed by atoms with Crippen LogP contribution >= 0.6 is 0 Å². The molecule has 1 N–H and O–H groups in total. The number of carbonyl (C=O) groups is 1. The maximum Gasteiger partial charge on any atom is 0.291 e. The van der Waals surface area contributed by atoms with Gasteiger partial charge in [-0.25, -0.2) is 0 Å². The summed E-state index contributed by atoms with van der Waals surface area (Å²) in [5.74, 6) is 0.296. The lowest BCUT2D eigenvalue weighted by Crippen LogP contribution is -2.10. The van der Waals surface area contributed by atoms with Crippen LogP contribution in [0.15, 0.2) is 83.3 Å². The first kappa shape index (κ1) is 17.9. The highest BCUT2D eigenvalue weighted by Crippen LogP contribution is 2.37. The number of hydrogen-bond donors (Lipinski definition) is 1. The van der Waals surface area contributed by atoms with Crippen LogP contribution in [0.5, 0.6) is 0 Å². The highest BCUT2D eigenvalue weighted by molar-refractivity contribution is 6.03. The van der Waals surface area contributed by atoms with Crippen molar-refractivity contribution in [3.8, 4) is 22.5 Å². The van der Waals surface area contributed by atoms with Crippen LogP contribution in [0.1, 0.15) is 21.7 Å². The molecule has 1 heterocycles. The van der Waals surface area contributed by atoms with Crippen LogP contribution in [0.4, 0.5) is 11.4 Å². The molecule has 0 spiro atoms. The number of amides is 1. The zero-order valence-electron chi connectivity index (χ0n) is 15.8. The smallest absolute Gasteiger partial charge is 0.291 e. The van der Waals surface area contributed by atoms with Crippen LogP contribution in [0.2, 0.25) is 0 Å². The second-order valence-electron chi connectivity index (χ2n) is 7.13. The van der Waals surface area contributed by atoms with Crippen LogP contribution in [0.25, 0.3) is 22.5 Å². The zero-order chi connectivity index (χ0) is 20.7. The van der Waals surface area contributed by atoms with Gasteiger partial charge in [0.1, 0.15) is 5.76 Å². The molecule has 4 aromatic rings. The van der Waals surface area contributed by atoms with Crippen LogP contribution in [-0.2, 0) is 6.42 Å². The molecule has 1 aliphatic carbocycles. The van der Waals surface area contributed by atoms with Gasteiger partial charge >= 0.3 is 0 Å². The average Bonchev–Trinajstić information content (AvgIpc) is 3.38. The van der Waals surface area contributed by atoms with Crippen molar-refractivity contribution >= 4 is 17.3 Å². The second kappa shape index (κ2) is 7.00. The fraction of sp³-hybridized carbons (Fsp3) is 0.0417. The van der Waals surface area contributed by atoms with Gasteiger partial charge in [-0.15, -0.1) is 0 Å². The van der Waals surface area contributed by atoms with Crippen molar-refractivity contribution in [3.05, 3.63) is 106 Å². The second-order valence-corrected chi connectivity index (χ2v) is 7.13. The van der Waals surface area contributed by atoms with Gasteiger partial charge in [-0.1, -0.05) is 30.3 Å². The molecule has 6 nitrogen and oxygen atoms in total. The largest absolute Gasteiger partial charge is 0.451 e. The lowest BCUT2D eigenvalue weighted by Gasteiger charge is -2.06. The van der Waals surface area contributed by atoms with Crippen molar-refractivity contribution < 1.29 is 14.1 Å². The average molecular weight is 396 g/mol. The van der Waals surface area contributed by atoms with E-state index in [9.17, 15) is 14.9 Å². The summed E-state index contributed by atoms with van der Waals surface area (Å²) in [4.78, 5) is 22.9. The molecule has 0 bridgehead atoms. The predicted molar refractivity (Wildman–Crippen MR) is 113 cm³/mol. The Labute approximate surface area is 171 Å². The first-order valence-corrected chi connectivity index (χ1v) is 9.46. The van der Waals surface area contributed by atoms with Crippen molar-refractivity contribution in [2.24, 2.45) is 0 Å². The monoisotopic (exact) mass is 396 g/mol. The first-order valence-electron chi connectivity index (χ1n) is 9.46. The summed E-state index contributed by atoms with van der Waals surface area (Å²) in [7, 11) is 0. The van der Waals surface area contributed by atoms with E-state index >= 15 is 0 Å². The third-order valence-electron chi connectivity index (χ3n) is 5.24. The van der Waals surface area contributed by atoms with Gasteiger partial charge < -0.3 is 9.73 Å². The molecule has 5 rings (SSSR count). The Morgan fingerprint density at radius 3 is 2.47 bits per heavy atom. The van der Waals surface area contributed by atoms with Gasteiger partial charge in [-0.05, 0) is 65.1 Å². The Morgan fingerprint density at radius 2 is 1.67 bits per heavy atom. The molecule has 1 amide bonds. The van der Waals surface area contributed by atoms with Gasteiger partial charge in [0.05, 0.1) is 4.92 Å². The summed E-state index contributed by atoms with van der Waals surface area (Å²) in [5.41, 5.74) is 6.28. The van der Waals surface area contributed by atoms with Gasteiger partial charge in [0, 0.05) is 23.4 Å². The molecule has 3 aromatic carbocycles. The number of non-ortho nitro benzene ring substituents is 1. The molecular weight excluding hydrogens is 380 g/mol. The van der Waals surface area contributed by atoms with E-state index in [2.05, 4.69) is 17.4 Å². The highest BCUT2D eigenvalue weighted by Gasteiger charge is 2.19. The maximum absolute atomic E-state index is 12.6. The summed E-state index contributed by atoms with van der Waals surface area (Å²) in [5, 5.41) is 13.7. The lowest BCUT2D eigenvalue weighted by molar-refractivity contribution is -0.384. The zero-order valence-corrected chi connectivity index (χ0v) is 15.8. The topological polar surface area (TPSA) is 85.4 Å². The minimum atomic E-state index is -0.458. The molecule has 30 heavy (non-hydrogen) atoms. The molecule has 0 unspecified atom stereocenters. The van der Waals surface area contributed by atoms with Crippen molar-refractivity contribution in [1.29, 1.82) is 0 Å². The van der Waals surface area contributed by atoms with E-state index in [0.29, 0.717) is 17.0 Å². The molecule has 0 fully saturated rings. The van der Waals surface area contributed by atoms with E-state index in [1.165, 1.54) is 34.4 Å². The molecular formula is C24H16N2O4. The number of nitro benzene ring substituents is 1. The standard InChI is InChI=1S/C24H16N2O4/c27-24(23-12-11-22(30-23)15-5-8-19(9-6-15)26(28)29)25-18-7-10-21-17(14-18)13-16-3-1-2-4-20(16)21/h1-12,14H,13H2,(H,25,27). The molecule has 1 aromatic heterocycles. The Balaban J connectivity index is 1.33. The molecule has 1 aliphatic rings. The van der Waals surface area contributed by atoms with Crippen LogP contribution in [0.3, 0.4) is 0 Å². The lowest BCUT2D eigenvalue weighted by atomic mass is 10.1. The van der Waals surface area contributed by atoms with Crippen molar-refractivity contribution in [3.63, 3.8) is 0 Å². The molecule has 0 radical (unpaired) electrons. The molecule has 6 heteroatoms. The minimum Gasteiger partial charge on any atom is -0.451 e. The van der Waals surface area contributed by atoms with Crippen LogP contribution in [0, 0.1) is 10.1 Å². The Bertz CT molecular complexity index is 1290. The normalized spacial score (nSPS) is 11.6. The SMILES string of the molecule is O=C(Nc1ccc2c(c1)Cc1ccccc1-2)c1ccc(-c2ccc([N+](=O)[O-])cc2)o1. The quantitative estimate of drug-likeness (QED) is 0.313.